The molecular weight excluding hydrogens is 180 g/mol. The molecule has 0 saturated heterocycles. The minimum Gasteiger partial charge on any atom is -0.507 e. The molecule has 3 N–H and O–H groups in total. The van der Waals surface area contributed by atoms with Crippen molar-refractivity contribution in [3.8, 4) is 17.6 Å². The number of hydrogen-bond donors (Lipinski definition) is 2. The summed E-state index contributed by atoms with van der Waals surface area (Å²) < 4.78 is 5.35. The van der Waals surface area contributed by atoms with Crippen LogP contribution in [0.4, 0.5) is 0 Å². The summed E-state index contributed by atoms with van der Waals surface area (Å²) in [6.45, 7) is 0.559. The van der Waals surface area contributed by atoms with E-state index in [1.807, 2.05) is 6.07 Å². The van der Waals surface area contributed by atoms with Gasteiger partial charge in [0.05, 0.1) is 12.2 Å². The van der Waals surface area contributed by atoms with E-state index < -0.39 is 0 Å². The second-order valence-electron chi connectivity index (χ2n) is 3.26. The number of benzene rings is 1. The van der Waals surface area contributed by atoms with Crippen molar-refractivity contribution in [2.75, 3.05) is 6.61 Å². The first-order chi connectivity index (χ1) is 6.72. The summed E-state index contributed by atoms with van der Waals surface area (Å²) in [5, 5.41) is 18.1. The van der Waals surface area contributed by atoms with Gasteiger partial charge in [0.1, 0.15) is 17.6 Å². The second-order valence-corrected chi connectivity index (χ2v) is 3.26. The smallest absolute Gasteiger partial charge is 0.133 e. The van der Waals surface area contributed by atoms with E-state index in [1.54, 1.807) is 0 Å². The molecule has 1 aromatic carbocycles. The molecule has 0 amide bonds. The summed E-state index contributed by atoms with van der Waals surface area (Å²) in [6, 6.07) is 4.82. The average molecular weight is 190 g/mol. The highest BCUT2D eigenvalue weighted by atomic mass is 16.5. The molecule has 0 radical (unpaired) electrons. The number of rotatable bonds is 0. The molecule has 4 nitrogen and oxygen atoms in total. The molecule has 0 aliphatic carbocycles. The van der Waals surface area contributed by atoms with Gasteiger partial charge in [-0.3, -0.25) is 0 Å². The highest BCUT2D eigenvalue weighted by Gasteiger charge is 2.20. The van der Waals surface area contributed by atoms with Crippen molar-refractivity contribution >= 4 is 0 Å². The third-order valence-corrected chi connectivity index (χ3v) is 2.33. The number of aromatic hydroxyl groups is 1. The molecule has 2 rings (SSSR count). The molecule has 1 atom stereocenters. The molecule has 0 aromatic heterocycles. The maximum atomic E-state index is 9.45. The number of hydrogen-bond acceptors (Lipinski definition) is 4. The molecule has 1 heterocycles. The Morgan fingerprint density at radius 1 is 1.57 bits per heavy atom. The lowest BCUT2D eigenvalue weighted by Crippen LogP contribution is -2.20. The summed E-state index contributed by atoms with van der Waals surface area (Å²) in [7, 11) is 0. The van der Waals surface area contributed by atoms with Gasteiger partial charge in [-0.05, 0) is 6.07 Å². The monoisotopic (exact) mass is 190 g/mol. The van der Waals surface area contributed by atoms with Crippen molar-refractivity contribution in [2.45, 2.75) is 12.5 Å². The Morgan fingerprint density at radius 3 is 3.07 bits per heavy atom. The Bertz CT molecular complexity index is 409. The normalized spacial score (nSPS) is 19.3. The zero-order chi connectivity index (χ0) is 10.1. The predicted octanol–water partition coefficient (Wildman–Crippen LogP) is 1.05. The topological polar surface area (TPSA) is 79.3 Å². The molecule has 1 aliphatic rings. The van der Waals surface area contributed by atoms with E-state index in [9.17, 15) is 5.11 Å². The Labute approximate surface area is 81.5 Å². The highest BCUT2D eigenvalue weighted by Crippen LogP contribution is 2.35. The van der Waals surface area contributed by atoms with Crippen LogP contribution >= 0.6 is 0 Å². The summed E-state index contributed by atoms with van der Waals surface area (Å²) in [6.07, 6.45) is 0.734. The Kier molecular flexibility index (Phi) is 2.02. The van der Waals surface area contributed by atoms with Crippen molar-refractivity contribution < 1.29 is 9.84 Å². The van der Waals surface area contributed by atoms with E-state index >= 15 is 0 Å². The minimum atomic E-state index is -0.114. The fourth-order valence-corrected chi connectivity index (χ4v) is 1.54. The molecule has 0 spiro atoms. The summed E-state index contributed by atoms with van der Waals surface area (Å²) in [4.78, 5) is 0. The van der Waals surface area contributed by atoms with Crippen LogP contribution in [0.25, 0.3) is 0 Å². The van der Waals surface area contributed by atoms with Crippen LogP contribution < -0.4 is 10.5 Å². The highest BCUT2D eigenvalue weighted by molar-refractivity contribution is 5.52. The SMILES string of the molecule is N#Cc1cc2c(cc1O)[C@H](N)CCO2. The average Bonchev–Trinajstić information content (AvgIpc) is 2.19. The van der Waals surface area contributed by atoms with Crippen LogP contribution in [0.3, 0.4) is 0 Å². The maximum absolute atomic E-state index is 9.45. The summed E-state index contributed by atoms with van der Waals surface area (Å²) in [5.74, 6) is 0.574. The van der Waals surface area contributed by atoms with E-state index in [0.29, 0.717) is 12.4 Å². The number of ether oxygens (including phenoxy) is 1. The van der Waals surface area contributed by atoms with Crippen LogP contribution in [-0.4, -0.2) is 11.7 Å². The molecule has 72 valence electrons. The second kappa shape index (κ2) is 3.20. The third-order valence-electron chi connectivity index (χ3n) is 2.33. The van der Waals surface area contributed by atoms with Gasteiger partial charge in [-0.25, -0.2) is 0 Å². The summed E-state index contributed by atoms with van der Waals surface area (Å²) >= 11 is 0. The lowest BCUT2D eigenvalue weighted by Gasteiger charge is -2.23. The minimum absolute atomic E-state index is 0.0350. The van der Waals surface area contributed by atoms with Gasteiger partial charge < -0.3 is 15.6 Å². The Balaban J connectivity index is 2.55. The molecule has 1 aliphatic heterocycles. The van der Waals surface area contributed by atoms with Gasteiger partial charge >= 0.3 is 0 Å². The zero-order valence-corrected chi connectivity index (χ0v) is 7.53. The van der Waals surface area contributed by atoms with E-state index in [1.165, 1.54) is 12.1 Å². The fourth-order valence-electron chi connectivity index (χ4n) is 1.54. The van der Waals surface area contributed by atoms with Gasteiger partial charge in [-0.1, -0.05) is 0 Å². The largest absolute Gasteiger partial charge is 0.507 e. The van der Waals surface area contributed by atoms with Crippen molar-refractivity contribution in [1.82, 2.24) is 0 Å². The van der Waals surface area contributed by atoms with Gasteiger partial charge in [0.15, 0.2) is 0 Å². The van der Waals surface area contributed by atoms with Crippen molar-refractivity contribution in [3.63, 3.8) is 0 Å². The molecule has 0 bridgehead atoms. The Morgan fingerprint density at radius 2 is 2.36 bits per heavy atom. The standard InChI is InChI=1S/C10H10N2O2/c11-5-6-3-10-7(4-9(6)13)8(12)1-2-14-10/h3-4,8,13H,1-2,12H2/t8-/m1/s1. The number of phenolic OH excluding ortho intramolecular Hbond substituents is 1. The van der Waals surface area contributed by atoms with Crippen molar-refractivity contribution in [1.29, 1.82) is 5.26 Å². The van der Waals surface area contributed by atoms with Crippen LogP contribution in [0.1, 0.15) is 23.6 Å². The maximum Gasteiger partial charge on any atom is 0.133 e. The molecule has 1 aromatic rings. The van der Waals surface area contributed by atoms with Crippen molar-refractivity contribution in [3.05, 3.63) is 23.3 Å². The predicted molar refractivity (Wildman–Crippen MR) is 49.9 cm³/mol. The molecule has 14 heavy (non-hydrogen) atoms. The molecule has 0 unspecified atom stereocenters. The number of nitrogens with two attached hydrogens (primary N) is 1. The van der Waals surface area contributed by atoms with E-state index in [0.717, 1.165) is 12.0 Å². The van der Waals surface area contributed by atoms with Gasteiger partial charge in [-0.15, -0.1) is 0 Å². The van der Waals surface area contributed by atoms with E-state index in [-0.39, 0.29) is 17.4 Å². The lowest BCUT2D eigenvalue weighted by atomic mass is 9.99. The molecule has 4 heteroatoms. The van der Waals surface area contributed by atoms with Crippen LogP contribution in [0.5, 0.6) is 11.5 Å². The van der Waals surface area contributed by atoms with Gasteiger partial charge in [-0.2, -0.15) is 5.26 Å². The lowest BCUT2D eigenvalue weighted by molar-refractivity contribution is 0.268. The molecule has 0 saturated carbocycles. The number of fused-ring (bicyclic) bond motifs is 1. The van der Waals surface area contributed by atoms with Gasteiger partial charge in [0.2, 0.25) is 0 Å². The number of nitriles is 1. The van der Waals surface area contributed by atoms with Crippen LogP contribution in [0, 0.1) is 11.3 Å². The summed E-state index contributed by atoms with van der Waals surface area (Å²) in [5.41, 5.74) is 6.82. The van der Waals surface area contributed by atoms with E-state index in [2.05, 4.69) is 0 Å². The third kappa shape index (κ3) is 1.28. The molecule has 0 fully saturated rings. The number of phenols is 1. The first-order valence-electron chi connectivity index (χ1n) is 4.37. The first kappa shape index (κ1) is 8.85. The van der Waals surface area contributed by atoms with Crippen LogP contribution in [0.15, 0.2) is 12.1 Å². The quantitative estimate of drug-likeness (QED) is 0.640. The van der Waals surface area contributed by atoms with Gasteiger partial charge in [0, 0.05) is 24.1 Å². The fraction of sp³-hybridized carbons (Fsp3) is 0.300. The number of nitrogens with zero attached hydrogens (tertiary/aromatic N) is 1. The van der Waals surface area contributed by atoms with Crippen LogP contribution in [0.2, 0.25) is 0 Å². The van der Waals surface area contributed by atoms with Crippen LogP contribution in [-0.2, 0) is 0 Å². The zero-order valence-electron chi connectivity index (χ0n) is 7.53. The first-order valence-corrected chi connectivity index (χ1v) is 4.37. The van der Waals surface area contributed by atoms with Crippen molar-refractivity contribution in [2.24, 2.45) is 5.73 Å². The van der Waals surface area contributed by atoms with Gasteiger partial charge in [0.25, 0.3) is 0 Å². The molecular formula is C10H10N2O2. The van der Waals surface area contributed by atoms with E-state index in [4.69, 9.17) is 15.7 Å². The Hall–Kier alpha value is -1.73.